The monoisotopic (exact) mass is 231 g/mol. The molecule has 4 heteroatoms. The lowest BCUT2D eigenvalue weighted by atomic mass is 10.2. The number of hydrogen-bond donors (Lipinski definition) is 1. The Labute approximate surface area is 98.7 Å². The van der Waals surface area contributed by atoms with Crippen LogP contribution in [0.15, 0.2) is 47.4 Å². The summed E-state index contributed by atoms with van der Waals surface area (Å²) in [5, 5.41) is 9.27. The molecule has 17 heavy (non-hydrogen) atoms. The molecule has 0 radical (unpaired) electrons. The van der Waals surface area contributed by atoms with Gasteiger partial charge in [-0.2, -0.15) is 4.73 Å². The molecule has 4 nitrogen and oxygen atoms in total. The van der Waals surface area contributed by atoms with Gasteiger partial charge in [0.1, 0.15) is 12.4 Å². The smallest absolute Gasteiger partial charge is 0.289 e. The number of nitrogens with zero attached hydrogens (tertiary/aromatic N) is 1. The third kappa shape index (κ3) is 2.47. The van der Waals surface area contributed by atoms with E-state index in [2.05, 4.69) is 0 Å². The molecule has 0 saturated heterocycles. The lowest BCUT2D eigenvalue weighted by Crippen LogP contribution is -2.23. The number of aryl methyl sites for hydroxylation is 1. The predicted octanol–water partition coefficient (Wildman–Crippen LogP) is 1.97. The SMILES string of the molecule is Cc1ccn(O)c(=O)c1COc1ccccc1. The molecule has 0 atom stereocenters. The number of hydrogen-bond acceptors (Lipinski definition) is 3. The molecule has 0 aliphatic rings. The number of benzene rings is 1. The van der Waals surface area contributed by atoms with Gasteiger partial charge in [0.15, 0.2) is 0 Å². The summed E-state index contributed by atoms with van der Waals surface area (Å²) in [6.07, 6.45) is 1.32. The molecule has 2 aromatic rings. The van der Waals surface area contributed by atoms with Crippen LogP contribution in [0.4, 0.5) is 0 Å². The number of aromatic nitrogens is 1. The number of pyridine rings is 1. The Hall–Kier alpha value is -2.23. The standard InChI is InChI=1S/C13H13NO3/c1-10-7-8-14(16)13(15)12(10)9-17-11-5-3-2-4-6-11/h2-8,16H,9H2,1H3. The minimum atomic E-state index is -0.444. The highest BCUT2D eigenvalue weighted by Crippen LogP contribution is 2.11. The van der Waals surface area contributed by atoms with E-state index in [4.69, 9.17) is 4.74 Å². The van der Waals surface area contributed by atoms with Crippen LogP contribution in [0.25, 0.3) is 0 Å². The molecule has 0 saturated carbocycles. The summed E-state index contributed by atoms with van der Waals surface area (Å²) in [5.74, 6) is 0.694. The fourth-order valence-corrected chi connectivity index (χ4v) is 1.51. The fraction of sp³-hybridized carbons (Fsp3) is 0.154. The van der Waals surface area contributed by atoms with Gasteiger partial charge in [-0.05, 0) is 30.7 Å². The van der Waals surface area contributed by atoms with Gasteiger partial charge >= 0.3 is 0 Å². The average molecular weight is 231 g/mol. The van der Waals surface area contributed by atoms with E-state index in [1.165, 1.54) is 6.20 Å². The van der Waals surface area contributed by atoms with Gasteiger partial charge in [-0.3, -0.25) is 4.79 Å². The summed E-state index contributed by atoms with van der Waals surface area (Å²) in [4.78, 5) is 11.6. The Kier molecular flexibility index (Phi) is 3.14. The average Bonchev–Trinajstić information content (AvgIpc) is 2.35. The molecular formula is C13H13NO3. The van der Waals surface area contributed by atoms with Crippen LogP contribution in [0.2, 0.25) is 0 Å². The fourth-order valence-electron chi connectivity index (χ4n) is 1.51. The van der Waals surface area contributed by atoms with E-state index in [-0.39, 0.29) is 6.61 Å². The lowest BCUT2D eigenvalue weighted by Gasteiger charge is -2.08. The zero-order valence-corrected chi connectivity index (χ0v) is 9.46. The van der Waals surface area contributed by atoms with Crippen molar-refractivity contribution in [2.75, 3.05) is 0 Å². The maximum absolute atomic E-state index is 11.6. The highest BCUT2D eigenvalue weighted by Gasteiger charge is 2.07. The first-order valence-corrected chi connectivity index (χ1v) is 5.26. The zero-order valence-electron chi connectivity index (χ0n) is 9.46. The van der Waals surface area contributed by atoms with Crippen molar-refractivity contribution in [1.82, 2.24) is 4.73 Å². The van der Waals surface area contributed by atoms with Crippen molar-refractivity contribution >= 4 is 0 Å². The van der Waals surface area contributed by atoms with Crippen LogP contribution in [0.1, 0.15) is 11.1 Å². The zero-order chi connectivity index (χ0) is 12.3. The van der Waals surface area contributed by atoms with Gasteiger partial charge in [-0.1, -0.05) is 18.2 Å². The van der Waals surface area contributed by atoms with Gasteiger partial charge in [-0.15, -0.1) is 0 Å². The van der Waals surface area contributed by atoms with Gasteiger partial charge in [0.05, 0.1) is 5.56 Å². The van der Waals surface area contributed by atoms with Gasteiger partial charge in [0.2, 0.25) is 0 Å². The van der Waals surface area contributed by atoms with Crippen LogP contribution in [0.5, 0.6) is 5.75 Å². The molecule has 0 fully saturated rings. The molecule has 88 valence electrons. The molecule has 1 aromatic carbocycles. The van der Waals surface area contributed by atoms with Crippen LogP contribution in [-0.2, 0) is 6.61 Å². The van der Waals surface area contributed by atoms with Crippen LogP contribution in [0.3, 0.4) is 0 Å². The van der Waals surface area contributed by atoms with E-state index in [0.29, 0.717) is 16.0 Å². The summed E-state index contributed by atoms with van der Waals surface area (Å²) in [6.45, 7) is 1.96. The highest BCUT2D eigenvalue weighted by molar-refractivity contribution is 5.24. The first-order chi connectivity index (χ1) is 8.18. The van der Waals surface area contributed by atoms with Gasteiger partial charge in [-0.25, -0.2) is 0 Å². The summed E-state index contributed by atoms with van der Waals surface area (Å²) >= 11 is 0. The minimum Gasteiger partial charge on any atom is -0.489 e. The van der Waals surface area contributed by atoms with Crippen molar-refractivity contribution < 1.29 is 9.94 Å². The molecule has 0 aliphatic heterocycles. The normalized spacial score (nSPS) is 10.2. The Balaban J connectivity index is 2.20. The molecule has 0 amide bonds. The van der Waals surface area contributed by atoms with Crippen molar-refractivity contribution in [1.29, 1.82) is 0 Å². The molecule has 0 bridgehead atoms. The summed E-state index contributed by atoms with van der Waals surface area (Å²) in [5.41, 5.74) is 0.816. The maximum Gasteiger partial charge on any atom is 0.289 e. The second kappa shape index (κ2) is 4.74. The van der Waals surface area contributed by atoms with E-state index in [1.807, 2.05) is 37.3 Å². The summed E-state index contributed by atoms with van der Waals surface area (Å²) in [7, 11) is 0. The van der Waals surface area contributed by atoms with Gasteiger partial charge < -0.3 is 9.94 Å². The van der Waals surface area contributed by atoms with Crippen LogP contribution in [0, 0.1) is 6.92 Å². The quantitative estimate of drug-likeness (QED) is 0.822. The topological polar surface area (TPSA) is 51.5 Å². The molecule has 0 aliphatic carbocycles. The van der Waals surface area contributed by atoms with Crippen molar-refractivity contribution in [3.8, 4) is 5.75 Å². The number of rotatable bonds is 3. The molecule has 0 spiro atoms. The van der Waals surface area contributed by atoms with Crippen molar-refractivity contribution in [2.24, 2.45) is 0 Å². The first-order valence-electron chi connectivity index (χ1n) is 5.26. The second-order valence-electron chi connectivity index (χ2n) is 3.73. The summed E-state index contributed by atoms with van der Waals surface area (Å²) < 4.78 is 6.05. The molecule has 1 N–H and O–H groups in total. The molecule has 1 aromatic heterocycles. The highest BCUT2D eigenvalue weighted by atomic mass is 16.5. The van der Waals surface area contributed by atoms with Crippen molar-refractivity contribution in [3.05, 3.63) is 64.1 Å². The van der Waals surface area contributed by atoms with Crippen LogP contribution >= 0.6 is 0 Å². The summed E-state index contributed by atoms with van der Waals surface area (Å²) in [6, 6.07) is 10.9. The van der Waals surface area contributed by atoms with E-state index in [9.17, 15) is 10.0 Å². The van der Waals surface area contributed by atoms with E-state index < -0.39 is 5.56 Å². The largest absolute Gasteiger partial charge is 0.489 e. The first kappa shape index (κ1) is 11.3. The van der Waals surface area contributed by atoms with Crippen LogP contribution < -0.4 is 10.3 Å². The lowest BCUT2D eigenvalue weighted by molar-refractivity contribution is 0.171. The van der Waals surface area contributed by atoms with E-state index in [0.717, 1.165) is 5.56 Å². The van der Waals surface area contributed by atoms with Crippen molar-refractivity contribution in [2.45, 2.75) is 13.5 Å². The third-order valence-electron chi connectivity index (χ3n) is 2.53. The number of ether oxygens (including phenoxy) is 1. The maximum atomic E-state index is 11.6. The van der Waals surface area contributed by atoms with Crippen LogP contribution in [-0.4, -0.2) is 9.94 Å². The number of para-hydroxylation sites is 1. The van der Waals surface area contributed by atoms with Gasteiger partial charge in [0, 0.05) is 6.20 Å². The van der Waals surface area contributed by atoms with Gasteiger partial charge in [0.25, 0.3) is 5.56 Å². The van der Waals surface area contributed by atoms with Crippen molar-refractivity contribution in [3.63, 3.8) is 0 Å². The Bertz CT molecular complexity index is 561. The molecule has 0 unspecified atom stereocenters. The minimum absolute atomic E-state index is 0.149. The Morgan fingerprint density at radius 3 is 2.65 bits per heavy atom. The Morgan fingerprint density at radius 2 is 1.94 bits per heavy atom. The predicted molar refractivity (Wildman–Crippen MR) is 63.4 cm³/mol. The van der Waals surface area contributed by atoms with E-state index >= 15 is 0 Å². The third-order valence-corrected chi connectivity index (χ3v) is 2.53. The molecule has 2 rings (SSSR count). The second-order valence-corrected chi connectivity index (χ2v) is 3.73. The molecular weight excluding hydrogens is 218 g/mol. The molecule has 1 heterocycles. The Morgan fingerprint density at radius 1 is 1.24 bits per heavy atom. The van der Waals surface area contributed by atoms with E-state index in [1.54, 1.807) is 6.07 Å².